The van der Waals surface area contributed by atoms with Crippen LogP contribution in [0, 0.1) is 5.92 Å². The second kappa shape index (κ2) is 4.45. The van der Waals surface area contributed by atoms with Gasteiger partial charge in [-0.25, -0.2) is 0 Å². The molecule has 1 saturated carbocycles. The van der Waals surface area contributed by atoms with E-state index in [9.17, 15) is 9.90 Å². The van der Waals surface area contributed by atoms with Gasteiger partial charge in [-0.1, -0.05) is 12.8 Å². The monoisotopic (exact) mass is 172 g/mol. The van der Waals surface area contributed by atoms with Crippen molar-refractivity contribution in [2.75, 3.05) is 0 Å². The fourth-order valence-corrected chi connectivity index (χ4v) is 1.70. The Hall–Kier alpha value is -0.570. The number of rotatable bonds is 1. The van der Waals surface area contributed by atoms with Gasteiger partial charge in [-0.3, -0.25) is 4.79 Å². The van der Waals surface area contributed by atoms with Gasteiger partial charge < -0.3 is 10.2 Å². The normalized spacial score (nSPS) is 32.1. The number of aliphatic hydroxyl groups excluding tert-OH is 1. The van der Waals surface area contributed by atoms with Gasteiger partial charge in [0.25, 0.3) is 0 Å². The maximum atomic E-state index is 10.6. The van der Waals surface area contributed by atoms with Crippen molar-refractivity contribution in [2.24, 2.45) is 5.92 Å². The maximum Gasteiger partial charge on any atom is 0.306 e. The lowest BCUT2D eigenvalue weighted by molar-refractivity contribution is -0.142. The number of hydrogen-bond donors (Lipinski definition) is 2. The highest BCUT2D eigenvalue weighted by Crippen LogP contribution is 2.22. The summed E-state index contributed by atoms with van der Waals surface area (Å²) >= 11 is 0. The average Bonchev–Trinajstić information content (AvgIpc) is 1.97. The summed E-state index contributed by atoms with van der Waals surface area (Å²) in [5, 5.41) is 18.1. The SMILES string of the molecule is O=C(O)[C@@H]1CCCC[C@H](O)CC1. The highest BCUT2D eigenvalue weighted by molar-refractivity contribution is 5.69. The van der Waals surface area contributed by atoms with E-state index in [0.717, 1.165) is 25.7 Å². The van der Waals surface area contributed by atoms with E-state index in [4.69, 9.17) is 5.11 Å². The lowest BCUT2D eigenvalue weighted by Crippen LogP contribution is -2.19. The van der Waals surface area contributed by atoms with Gasteiger partial charge in [0.15, 0.2) is 0 Å². The molecule has 0 saturated heterocycles. The first-order valence-corrected chi connectivity index (χ1v) is 4.61. The van der Waals surface area contributed by atoms with Gasteiger partial charge in [-0.15, -0.1) is 0 Å². The van der Waals surface area contributed by atoms with E-state index >= 15 is 0 Å². The topological polar surface area (TPSA) is 57.5 Å². The molecule has 0 heterocycles. The summed E-state index contributed by atoms with van der Waals surface area (Å²) in [7, 11) is 0. The molecule has 70 valence electrons. The predicted octanol–water partition coefficient (Wildman–Crippen LogP) is 1.40. The Balaban J connectivity index is 2.39. The fourth-order valence-electron chi connectivity index (χ4n) is 1.70. The quantitative estimate of drug-likeness (QED) is 0.628. The first kappa shape index (κ1) is 9.52. The van der Waals surface area contributed by atoms with E-state index in [0.29, 0.717) is 12.8 Å². The van der Waals surface area contributed by atoms with Crippen LogP contribution in [0.3, 0.4) is 0 Å². The number of carboxylic acid groups (broad SMARTS) is 1. The molecule has 3 heteroatoms. The van der Waals surface area contributed by atoms with Crippen LogP contribution in [0.4, 0.5) is 0 Å². The lowest BCUT2D eigenvalue weighted by Gasteiger charge is -2.18. The summed E-state index contributed by atoms with van der Waals surface area (Å²) in [5.41, 5.74) is 0. The third-order valence-electron chi connectivity index (χ3n) is 2.54. The van der Waals surface area contributed by atoms with E-state index in [-0.39, 0.29) is 12.0 Å². The summed E-state index contributed by atoms with van der Waals surface area (Å²) in [6.45, 7) is 0. The minimum absolute atomic E-state index is 0.222. The van der Waals surface area contributed by atoms with Crippen molar-refractivity contribution in [1.29, 1.82) is 0 Å². The largest absolute Gasteiger partial charge is 0.481 e. The Morgan fingerprint density at radius 1 is 1.08 bits per heavy atom. The van der Waals surface area contributed by atoms with Crippen LogP contribution in [0.1, 0.15) is 38.5 Å². The van der Waals surface area contributed by atoms with E-state index < -0.39 is 5.97 Å². The second-order valence-corrected chi connectivity index (χ2v) is 3.55. The molecule has 0 bridgehead atoms. The minimum atomic E-state index is -0.705. The molecule has 0 unspecified atom stereocenters. The number of aliphatic hydroxyl groups is 1. The molecule has 12 heavy (non-hydrogen) atoms. The first-order chi connectivity index (χ1) is 5.70. The zero-order valence-corrected chi connectivity index (χ0v) is 7.20. The second-order valence-electron chi connectivity index (χ2n) is 3.55. The summed E-state index contributed by atoms with van der Waals surface area (Å²) in [4.78, 5) is 10.6. The lowest BCUT2D eigenvalue weighted by atomic mass is 9.90. The third-order valence-corrected chi connectivity index (χ3v) is 2.54. The van der Waals surface area contributed by atoms with Crippen molar-refractivity contribution in [3.8, 4) is 0 Å². The summed E-state index contributed by atoms with van der Waals surface area (Å²) in [6.07, 6.45) is 4.54. The standard InChI is InChI=1S/C9H16O3/c10-8-4-2-1-3-7(5-6-8)9(11)12/h7-8,10H,1-6H2,(H,11,12)/t7-,8+/m1/s1. The molecule has 0 amide bonds. The van der Waals surface area contributed by atoms with Crippen molar-refractivity contribution in [2.45, 2.75) is 44.6 Å². The van der Waals surface area contributed by atoms with Crippen LogP contribution in [-0.4, -0.2) is 22.3 Å². The van der Waals surface area contributed by atoms with Crippen LogP contribution < -0.4 is 0 Å². The minimum Gasteiger partial charge on any atom is -0.481 e. The van der Waals surface area contributed by atoms with Crippen molar-refractivity contribution in [1.82, 2.24) is 0 Å². The highest BCUT2D eigenvalue weighted by atomic mass is 16.4. The predicted molar refractivity (Wildman–Crippen MR) is 44.8 cm³/mol. The van der Waals surface area contributed by atoms with Crippen LogP contribution in [0.2, 0.25) is 0 Å². The molecular weight excluding hydrogens is 156 g/mol. The molecule has 1 aliphatic carbocycles. The van der Waals surface area contributed by atoms with Crippen molar-refractivity contribution < 1.29 is 15.0 Å². The summed E-state index contributed by atoms with van der Waals surface area (Å²) < 4.78 is 0. The summed E-state index contributed by atoms with van der Waals surface area (Å²) in [5.74, 6) is -0.927. The Kier molecular flexibility index (Phi) is 3.53. The molecular formula is C9H16O3. The molecule has 2 atom stereocenters. The first-order valence-electron chi connectivity index (χ1n) is 4.61. The number of carbonyl (C=O) groups is 1. The van der Waals surface area contributed by atoms with Crippen LogP contribution >= 0.6 is 0 Å². The van der Waals surface area contributed by atoms with Gasteiger partial charge in [0.1, 0.15) is 0 Å². The zero-order valence-electron chi connectivity index (χ0n) is 7.20. The molecule has 0 aliphatic heterocycles. The van der Waals surface area contributed by atoms with Crippen LogP contribution in [0.15, 0.2) is 0 Å². The molecule has 1 fully saturated rings. The Labute approximate surface area is 72.4 Å². The molecule has 0 spiro atoms. The molecule has 0 radical (unpaired) electrons. The van der Waals surface area contributed by atoms with E-state index in [2.05, 4.69) is 0 Å². The third kappa shape index (κ3) is 2.81. The molecule has 3 nitrogen and oxygen atoms in total. The Morgan fingerprint density at radius 2 is 1.75 bits per heavy atom. The van der Waals surface area contributed by atoms with Gasteiger partial charge in [-0.2, -0.15) is 0 Å². The zero-order chi connectivity index (χ0) is 8.97. The molecule has 0 aromatic heterocycles. The van der Waals surface area contributed by atoms with Crippen molar-refractivity contribution in [3.05, 3.63) is 0 Å². The van der Waals surface area contributed by atoms with E-state index in [1.165, 1.54) is 0 Å². The Morgan fingerprint density at radius 3 is 2.42 bits per heavy atom. The van der Waals surface area contributed by atoms with Gasteiger partial charge in [0.05, 0.1) is 12.0 Å². The smallest absolute Gasteiger partial charge is 0.306 e. The van der Waals surface area contributed by atoms with Gasteiger partial charge in [0.2, 0.25) is 0 Å². The Bertz CT molecular complexity index is 156. The maximum absolute atomic E-state index is 10.6. The highest BCUT2D eigenvalue weighted by Gasteiger charge is 2.20. The van der Waals surface area contributed by atoms with Gasteiger partial charge in [0, 0.05) is 0 Å². The molecule has 0 aromatic carbocycles. The number of carboxylic acids is 1. The van der Waals surface area contributed by atoms with E-state index in [1.807, 2.05) is 0 Å². The van der Waals surface area contributed by atoms with E-state index in [1.54, 1.807) is 0 Å². The van der Waals surface area contributed by atoms with Crippen molar-refractivity contribution in [3.63, 3.8) is 0 Å². The molecule has 1 aliphatic rings. The van der Waals surface area contributed by atoms with Crippen LogP contribution in [0.5, 0.6) is 0 Å². The van der Waals surface area contributed by atoms with Crippen LogP contribution in [0.25, 0.3) is 0 Å². The number of hydrogen-bond acceptors (Lipinski definition) is 2. The average molecular weight is 172 g/mol. The van der Waals surface area contributed by atoms with Crippen LogP contribution in [-0.2, 0) is 4.79 Å². The van der Waals surface area contributed by atoms with Crippen molar-refractivity contribution >= 4 is 5.97 Å². The fraction of sp³-hybridized carbons (Fsp3) is 0.889. The molecule has 0 aromatic rings. The van der Waals surface area contributed by atoms with Gasteiger partial charge >= 0.3 is 5.97 Å². The summed E-state index contributed by atoms with van der Waals surface area (Å²) in [6, 6.07) is 0. The molecule has 1 rings (SSSR count). The number of aliphatic carboxylic acids is 1. The molecule has 2 N–H and O–H groups in total. The van der Waals surface area contributed by atoms with Gasteiger partial charge in [-0.05, 0) is 25.7 Å².